The number of aryl methyl sites for hydroxylation is 1. The van der Waals surface area contributed by atoms with Gasteiger partial charge in [-0.25, -0.2) is 4.79 Å². The van der Waals surface area contributed by atoms with Crippen LogP contribution in [0.4, 0.5) is 0 Å². The summed E-state index contributed by atoms with van der Waals surface area (Å²) in [6.07, 6.45) is 1.16. The molecule has 0 aliphatic heterocycles. The Labute approximate surface area is 116 Å². The summed E-state index contributed by atoms with van der Waals surface area (Å²) in [5.41, 5.74) is 1.97. The highest BCUT2D eigenvalue weighted by molar-refractivity contribution is 9.09. The molecule has 0 aliphatic rings. The van der Waals surface area contributed by atoms with Crippen LogP contribution in [-0.4, -0.2) is 23.7 Å². The minimum atomic E-state index is -0.358. The summed E-state index contributed by atoms with van der Waals surface area (Å²) < 4.78 is 5.01. The Kier molecular flexibility index (Phi) is 6.05. The van der Waals surface area contributed by atoms with E-state index in [0.29, 0.717) is 29.5 Å². The van der Waals surface area contributed by atoms with Gasteiger partial charge in [-0.2, -0.15) is 0 Å². The van der Waals surface area contributed by atoms with Crippen molar-refractivity contribution in [1.82, 2.24) is 0 Å². The number of ketones is 1. The fraction of sp³-hybridized carbons (Fsp3) is 0.429. The number of ether oxygens (including phenoxy) is 1. The van der Waals surface area contributed by atoms with Gasteiger partial charge in [-0.1, -0.05) is 35.0 Å². The lowest BCUT2D eigenvalue weighted by molar-refractivity contribution is 0.0525. The number of carbonyl (C=O) groups is 2. The van der Waals surface area contributed by atoms with E-state index in [-0.39, 0.29) is 11.8 Å². The molecule has 1 aromatic rings. The van der Waals surface area contributed by atoms with Gasteiger partial charge in [0.05, 0.1) is 12.2 Å². The van der Waals surface area contributed by atoms with Crippen LogP contribution in [0.3, 0.4) is 0 Å². The van der Waals surface area contributed by atoms with Crippen molar-refractivity contribution in [2.75, 3.05) is 11.9 Å². The molecular formula is C14H17BrO3. The Morgan fingerprint density at radius 1 is 1.28 bits per heavy atom. The lowest BCUT2D eigenvalue weighted by atomic mass is 9.99. The van der Waals surface area contributed by atoms with Crippen LogP contribution >= 0.6 is 15.9 Å². The quantitative estimate of drug-likeness (QED) is 0.459. The molecule has 0 unspecified atom stereocenters. The fourth-order valence-electron chi connectivity index (χ4n) is 1.69. The Balaban J connectivity index is 3.09. The van der Waals surface area contributed by atoms with Crippen LogP contribution in [0.5, 0.6) is 0 Å². The predicted molar refractivity (Wildman–Crippen MR) is 74.5 cm³/mol. The monoisotopic (exact) mass is 312 g/mol. The molecule has 4 heteroatoms. The van der Waals surface area contributed by atoms with E-state index in [2.05, 4.69) is 15.9 Å². The van der Waals surface area contributed by atoms with Crippen molar-refractivity contribution < 1.29 is 14.3 Å². The molecule has 0 saturated carbocycles. The van der Waals surface area contributed by atoms with Gasteiger partial charge in [0.25, 0.3) is 0 Å². The normalized spacial score (nSPS) is 10.2. The molecule has 0 aliphatic carbocycles. The molecule has 0 fully saturated rings. The van der Waals surface area contributed by atoms with E-state index in [1.807, 2.05) is 13.0 Å². The summed E-state index contributed by atoms with van der Waals surface area (Å²) in [5.74, 6) is -0.331. The Morgan fingerprint density at radius 2 is 2.00 bits per heavy atom. The van der Waals surface area contributed by atoms with E-state index in [1.165, 1.54) is 0 Å². The van der Waals surface area contributed by atoms with E-state index in [4.69, 9.17) is 4.74 Å². The van der Waals surface area contributed by atoms with Crippen LogP contribution in [0, 0.1) is 0 Å². The predicted octanol–water partition coefficient (Wildman–Crippen LogP) is 3.39. The molecule has 3 nitrogen and oxygen atoms in total. The number of Topliss-reactive ketones (excluding diaryl/α,β-unsaturated/α-hetero) is 1. The SMILES string of the molecule is CCOC(=O)c1cc(C(=O)CCBr)ccc1CC. The van der Waals surface area contributed by atoms with E-state index >= 15 is 0 Å². The van der Waals surface area contributed by atoms with Crippen LogP contribution in [0.1, 0.15) is 46.5 Å². The molecule has 0 spiro atoms. The van der Waals surface area contributed by atoms with Crippen molar-refractivity contribution in [3.05, 3.63) is 34.9 Å². The molecule has 0 bridgehead atoms. The number of alkyl halides is 1. The summed E-state index contributed by atoms with van der Waals surface area (Å²) in [7, 11) is 0. The highest BCUT2D eigenvalue weighted by Crippen LogP contribution is 2.16. The van der Waals surface area contributed by atoms with Gasteiger partial charge >= 0.3 is 5.97 Å². The van der Waals surface area contributed by atoms with E-state index in [9.17, 15) is 9.59 Å². The second-order valence-electron chi connectivity index (χ2n) is 3.81. The minimum Gasteiger partial charge on any atom is -0.462 e. The zero-order valence-corrected chi connectivity index (χ0v) is 12.2. The second kappa shape index (κ2) is 7.31. The number of benzene rings is 1. The van der Waals surface area contributed by atoms with Gasteiger partial charge in [0.15, 0.2) is 5.78 Å². The van der Waals surface area contributed by atoms with Crippen molar-refractivity contribution >= 4 is 27.7 Å². The van der Waals surface area contributed by atoms with Gasteiger partial charge < -0.3 is 4.74 Å². The van der Waals surface area contributed by atoms with Crippen molar-refractivity contribution in [2.24, 2.45) is 0 Å². The molecule has 18 heavy (non-hydrogen) atoms. The zero-order chi connectivity index (χ0) is 13.5. The lowest BCUT2D eigenvalue weighted by Gasteiger charge is -2.09. The molecular weight excluding hydrogens is 296 g/mol. The van der Waals surface area contributed by atoms with Gasteiger partial charge in [-0.05, 0) is 25.0 Å². The van der Waals surface area contributed by atoms with Crippen LogP contribution in [0.25, 0.3) is 0 Å². The van der Waals surface area contributed by atoms with Gasteiger partial charge in [0.2, 0.25) is 0 Å². The van der Waals surface area contributed by atoms with E-state index in [1.54, 1.807) is 19.1 Å². The lowest BCUT2D eigenvalue weighted by Crippen LogP contribution is -2.10. The van der Waals surface area contributed by atoms with Crippen LogP contribution < -0.4 is 0 Å². The first-order valence-corrected chi connectivity index (χ1v) is 7.15. The number of hydrogen-bond acceptors (Lipinski definition) is 3. The van der Waals surface area contributed by atoms with Gasteiger partial charge in [-0.3, -0.25) is 4.79 Å². The summed E-state index contributed by atoms with van der Waals surface area (Å²) in [5, 5.41) is 0.621. The molecule has 0 saturated heterocycles. The second-order valence-corrected chi connectivity index (χ2v) is 4.60. The molecule has 98 valence electrons. The topological polar surface area (TPSA) is 43.4 Å². The number of hydrogen-bond donors (Lipinski definition) is 0. The number of halogens is 1. The first-order valence-electron chi connectivity index (χ1n) is 6.03. The molecule has 0 atom stereocenters. The van der Waals surface area contributed by atoms with Crippen LogP contribution in [0.15, 0.2) is 18.2 Å². The molecule has 1 aromatic carbocycles. The molecule has 0 aromatic heterocycles. The first kappa shape index (κ1) is 14.9. The molecule has 0 N–H and O–H groups in total. The van der Waals surface area contributed by atoms with Crippen molar-refractivity contribution in [2.45, 2.75) is 26.7 Å². The third-order valence-electron chi connectivity index (χ3n) is 2.63. The van der Waals surface area contributed by atoms with E-state index in [0.717, 1.165) is 12.0 Å². The summed E-state index contributed by atoms with van der Waals surface area (Å²) in [6.45, 7) is 4.07. The molecule has 0 radical (unpaired) electrons. The number of carbonyl (C=O) groups excluding carboxylic acids is 2. The third-order valence-corrected chi connectivity index (χ3v) is 3.03. The smallest absolute Gasteiger partial charge is 0.338 e. The van der Waals surface area contributed by atoms with Gasteiger partial charge in [0.1, 0.15) is 0 Å². The average Bonchev–Trinajstić information content (AvgIpc) is 2.38. The Morgan fingerprint density at radius 3 is 2.56 bits per heavy atom. The standard InChI is InChI=1S/C14H17BrO3/c1-3-10-5-6-11(13(16)7-8-15)9-12(10)14(17)18-4-2/h5-6,9H,3-4,7-8H2,1-2H3. The summed E-state index contributed by atoms with van der Waals surface area (Å²) in [4.78, 5) is 23.6. The van der Waals surface area contributed by atoms with Crippen molar-refractivity contribution in [1.29, 1.82) is 0 Å². The highest BCUT2D eigenvalue weighted by Gasteiger charge is 2.14. The Bertz CT molecular complexity index is 441. The molecule has 1 rings (SSSR count). The van der Waals surface area contributed by atoms with Crippen LogP contribution in [0.2, 0.25) is 0 Å². The maximum Gasteiger partial charge on any atom is 0.338 e. The van der Waals surface area contributed by atoms with Crippen molar-refractivity contribution in [3.63, 3.8) is 0 Å². The average molecular weight is 313 g/mol. The minimum absolute atomic E-state index is 0.0278. The van der Waals surface area contributed by atoms with Gasteiger partial charge in [-0.15, -0.1) is 0 Å². The van der Waals surface area contributed by atoms with Crippen molar-refractivity contribution in [3.8, 4) is 0 Å². The van der Waals surface area contributed by atoms with E-state index < -0.39 is 0 Å². The molecule has 0 amide bonds. The first-order chi connectivity index (χ1) is 8.63. The Hall–Kier alpha value is -1.16. The summed E-state index contributed by atoms with van der Waals surface area (Å²) >= 11 is 3.24. The maximum atomic E-state index is 11.8. The highest BCUT2D eigenvalue weighted by atomic mass is 79.9. The maximum absolute atomic E-state index is 11.8. The van der Waals surface area contributed by atoms with Gasteiger partial charge in [0, 0.05) is 17.3 Å². The zero-order valence-electron chi connectivity index (χ0n) is 10.7. The third kappa shape index (κ3) is 3.67. The fourth-order valence-corrected chi connectivity index (χ4v) is 2.05. The summed E-state index contributed by atoms with van der Waals surface area (Å²) in [6, 6.07) is 5.24. The molecule has 0 heterocycles. The number of rotatable bonds is 6. The van der Waals surface area contributed by atoms with Crippen LogP contribution in [-0.2, 0) is 11.2 Å². The largest absolute Gasteiger partial charge is 0.462 e. The number of esters is 1.